The van der Waals surface area contributed by atoms with Gasteiger partial charge in [-0.2, -0.15) is 0 Å². The summed E-state index contributed by atoms with van der Waals surface area (Å²) in [4.78, 5) is 22.2. The molecule has 0 bridgehead atoms. The highest BCUT2D eigenvalue weighted by molar-refractivity contribution is 5.79. The molecule has 0 aliphatic carbocycles. The predicted molar refractivity (Wildman–Crippen MR) is 63.3 cm³/mol. The standard InChI is InChI=1S/C11H22N2O4/c1-7(2)8(5-12)10(16)13-6-11(3,17)4-9(14)15/h7-8,17H,4-6,12H2,1-3H3,(H,13,16)(H,14,15). The maximum atomic E-state index is 11.7. The van der Waals surface area contributed by atoms with Crippen molar-refractivity contribution in [3.05, 3.63) is 0 Å². The third-order valence-electron chi connectivity index (χ3n) is 2.57. The molecule has 2 unspecified atom stereocenters. The van der Waals surface area contributed by atoms with E-state index in [0.29, 0.717) is 0 Å². The van der Waals surface area contributed by atoms with Crippen LogP contribution >= 0.6 is 0 Å². The van der Waals surface area contributed by atoms with Crippen LogP contribution in [-0.2, 0) is 9.59 Å². The largest absolute Gasteiger partial charge is 0.481 e. The average molecular weight is 246 g/mol. The summed E-state index contributed by atoms with van der Waals surface area (Å²) in [6, 6.07) is 0. The maximum absolute atomic E-state index is 11.7. The van der Waals surface area contributed by atoms with E-state index in [1.165, 1.54) is 6.92 Å². The van der Waals surface area contributed by atoms with Gasteiger partial charge in [0.15, 0.2) is 0 Å². The third kappa shape index (κ3) is 6.23. The fraction of sp³-hybridized carbons (Fsp3) is 0.818. The van der Waals surface area contributed by atoms with Crippen molar-refractivity contribution in [1.82, 2.24) is 5.32 Å². The Labute approximate surface area is 101 Å². The Balaban J connectivity index is 4.27. The number of aliphatic hydroxyl groups is 1. The first-order valence-corrected chi connectivity index (χ1v) is 5.61. The number of nitrogens with one attached hydrogen (secondary N) is 1. The molecule has 0 aliphatic heterocycles. The molecule has 0 heterocycles. The molecule has 1 amide bonds. The van der Waals surface area contributed by atoms with Gasteiger partial charge in [0, 0.05) is 13.1 Å². The molecule has 0 fully saturated rings. The van der Waals surface area contributed by atoms with Crippen molar-refractivity contribution in [2.45, 2.75) is 32.8 Å². The minimum atomic E-state index is -1.45. The molecule has 0 aromatic rings. The Morgan fingerprint density at radius 3 is 2.29 bits per heavy atom. The van der Waals surface area contributed by atoms with Gasteiger partial charge in [-0.25, -0.2) is 0 Å². The van der Waals surface area contributed by atoms with E-state index >= 15 is 0 Å². The van der Waals surface area contributed by atoms with Crippen LogP contribution < -0.4 is 11.1 Å². The normalized spacial score (nSPS) is 16.4. The van der Waals surface area contributed by atoms with E-state index in [4.69, 9.17) is 10.8 Å². The lowest BCUT2D eigenvalue weighted by Crippen LogP contribution is -2.46. The van der Waals surface area contributed by atoms with Gasteiger partial charge in [-0.1, -0.05) is 13.8 Å². The van der Waals surface area contributed by atoms with Crippen molar-refractivity contribution in [2.24, 2.45) is 17.6 Å². The van der Waals surface area contributed by atoms with Crippen LogP contribution in [0, 0.1) is 11.8 Å². The van der Waals surface area contributed by atoms with Crippen LogP contribution in [0.4, 0.5) is 0 Å². The monoisotopic (exact) mass is 246 g/mol. The summed E-state index contributed by atoms with van der Waals surface area (Å²) >= 11 is 0. The molecule has 0 rings (SSSR count). The molecule has 0 saturated heterocycles. The molecule has 0 radical (unpaired) electrons. The molecule has 6 heteroatoms. The van der Waals surface area contributed by atoms with Gasteiger partial charge < -0.3 is 21.3 Å². The van der Waals surface area contributed by atoms with E-state index in [9.17, 15) is 14.7 Å². The predicted octanol–water partition coefficient (Wildman–Crippen LogP) is -0.441. The number of amides is 1. The number of hydrogen-bond acceptors (Lipinski definition) is 4. The molecular formula is C11H22N2O4. The van der Waals surface area contributed by atoms with Gasteiger partial charge in [0.05, 0.1) is 17.9 Å². The molecule has 0 aliphatic rings. The van der Waals surface area contributed by atoms with Crippen molar-refractivity contribution in [3.63, 3.8) is 0 Å². The van der Waals surface area contributed by atoms with E-state index in [0.717, 1.165) is 0 Å². The zero-order valence-electron chi connectivity index (χ0n) is 10.6. The van der Waals surface area contributed by atoms with Crippen molar-refractivity contribution in [2.75, 3.05) is 13.1 Å². The smallest absolute Gasteiger partial charge is 0.306 e. The molecule has 0 aromatic carbocycles. The van der Waals surface area contributed by atoms with Crippen LogP contribution in [0.25, 0.3) is 0 Å². The van der Waals surface area contributed by atoms with E-state index in [-0.39, 0.29) is 30.8 Å². The zero-order chi connectivity index (χ0) is 13.6. The Hall–Kier alpha value is -1.14. The number of carbonyl (C=O) groups excluding carboxylic acids is 1. The Morgan fingerprint density at radius 2 is 1.94 bits per heavy atom. The highest BCUT2D eigenvalue weighted by Crippen LogP contribution is 2.11. The van der Waals surface area contributed by atoms with E-state index < -0.39 is 18.0 Å². The quantitative estimate of drug-likeness (QED) is 0.486. The summed E-state index contributed by atoms with van der Waals surface area (Å²) in [5, 5.41) is 20.8. The number of carbonyl (C=O) groups is 2. The lowest BCUT2D eigenvalue weighted by molar-refractivity contribution is -0.142. The number of nitrogens with two attached hydrogens (primary N) is 1. The second-order valence-electron chi connectivity index (χ2n) is 4.87. The first-order valence-electron chi connectivity index (χ1n) is 5.61. The average Bonchev–Trinajstić information content (AvgIpc) is 2.13. The van der Waals surface area contributed by atoms with Crippen LogP contribution in [-0.4, -0.2) is 40.8 Å². The van der Waals surface area contributed by atoms with Crippen LogP contribution in [0.15, 0.2) is 0 Å². The third-order valence-corrected chi connectivity index (χ3v) is 2.57. The second-order valence-corrected chi connectivity index (χ2v) is 4.87. The van der Waals surface area contributed by atoms with E-state index in [1.54, 1.807) is 0 Å². The summed E-state index contributed by atoms with van der Waals surface area (Å²) in [6.07, 6.45) is -0.414. The Bertz CT molecular complexity index is 277. The van der Waals surface area contributed by atoms with Crippen molar-refractivity contribution in [1.29, 1.82) is 0 Å². The van der Waals surface area contributed by atoms with Gasteiger partial charge in [0.25, 0.3) is 0 Å². The molecule has 6 nitrogen and oxygen atoms in total. The fourth-order valence-electron chi connectivity index (χ4n) is 1.48. The topological polar surface area (TPSA) is 113 Å². The summed E-state index contributed by atoms with van der Waals surface area (Å²) in [6.45, 7) is 5.26. The molecule has 5 N–H and O–H groups in total. The minimum absolute atomic E-state index is 0.0959. The van der Waals surface area contributed by atoms with Crippen molar-refractivity contribution < 1.29 is 19.8 Å². The molecule has 17 heavy (non-hydrogen) atoms. The number of carboxylic acid groups (broad SMARTS) is 1. The minimum Gasteiger partial charge on any atom is -0.481 e. The molecule has 100 valence electrons. The van der Waals surface area contributed by atoms with Crippen LogP contribution in [0.1, 0.15) is 27.2 Å². The lowest BCUT2D eigenvalue weighted by atomic mass is 9.94. The summed E-state index contributed by atoms with van der Waals surface area (Å²) in [5.41, 5.74) is 4.03. The van der Waals surface area contributed by atoms with E-state index in [1.807, 2.05) is 13.8 Å². The molecule has 0 spiro atoms. The highest BCUT2D eigenvalue weighted by atomic mass is 16.4. The van der Waals surface area contributed by atoms with E-state index in [2.05, 4.69) is 5.32 Å². The van der Waals surface area contributed by atoms with Crippen LogP contribution in [0.2, 0.25) is 0 Å². The van der Waals surface area contributed by atoms with Gasteiger partial charge in [0.2, 0.25) is 5.91 Å². The SMILES string of the molecule is CC(C)C(CN)C(=O)NCC(C)(O)CC(=O)O. The first-order chi connectivity index (χ1) is 7.69. The molecular weight excluding hydrogens is 224 g/mol. The van der Waals surface area contributed by atoms with Gasteiger partial charge in [-0.3, -0.25) is 9.59 Å². The summed E-state index contributed by atoms with van der Waals surface area (Å²) in [5.74, 6) is -1.59. The van der Waals surface area contributed by atoms with Gasteiger partial charge in [-0.05, 0) is 12.8 Å². The second kappa shape index (κ2) is 6.56. The number of hydrogen-bond donors (Lipinski definition) is 4. The number of carboxylic acids is 1. The van der Waals surface area contributed by atoms with Crippen molar-refractivity contribution in [3.8, 4) is 0 Å². The number of aliphatic carboxylic acids is 1. The summed E-state index contributed by atoms with van der Waals surface area (Å²) < 4.78 is 0. The molecule has 0 aromatic heterocycles. The zero-order valence-corrected chi connectivity index (χ0v) is 10.6. The van der Waals surface area contributed by atoms with Gasteiger partial charge >= 0.3 is 5.97 Å². The first kappa shape index (κ1) is 15.9. The van der Waals surface area contributed by atoms with Crippen LogP contribution in [0.5, 0.6) is 0 Å². The van der Waals surface area contributed by atoms with Gasteiger partial charge in [-0.15, -0.1) is 0 Å². The fourth-order valence-corrected chi connectivity index (χ4v) is 1.48. The van der Waals surface area contributed by atoms with Gasteiger partial charge in [0.1, 0.15) is 0 Å². The Morgan fingerprint density at radius 1 is 1.41 bits per heavy atom. The molecule has 0 saturated carbocycles. The maximum Gasteiger partial charge on any atom is 0.306 e. The summed E-state index contributed by atoms with van der Waals surface area (Å²) in [7, 11) is 0. The number of rotatable bonds is 7. The van der Waals surface area contributed by atoms with Crippen molar-refractivity contribution >= 4 is 11.9 Å². The molecule has 2 atom stereocenters. The Kier molecular flexibility index (Phi) is 6.12. The highest BCUT2D eigenvalue weighted by Gasteiger charge is 2.27. The van der Waals surface area contributed by atoms with Crippen LogP contribution in [0.3, 0.4) is 0 Å². The lowest BCUT2D eigenvalue weighted by Gasteiger charge is -2.24.